The fourth-order valence-electron chi connectivity index (χ4n) is 4.23. The zero-order valence-electron chi connectivity index (χ0n) is 16.8. The summed E-state index contributed by atoms with van der Waals surface area (Å²) in [5.74, 6) is -0.139. The van der Waals surface area contributed by atoms with Crippen molar-refractivity contribution in [2.75, 3.05) is 0 Å². The summed E-state index contributed by atoms with van der Waals surface area (Å²) in [6, 6.07) is 12.5. The number of nitrogens with one attached hydrogen (secondary N) is 1. The Morgan fingerprint density at radius 3 is 2.68 bits per heavy atom. The molecule has 1 unspecified atom stereocenters. The number of imidazole rings is 1. The lowest BCUT2D eigenvalue weighted by Gasteiger charge is -2.29. The Morgan fingerprint density at radius 1 is 1.10 bits per heavy atom. The largest absolute Gasteiger partial charge is 0.333 e. The van der Waals surface area contributed by atoms with Crippen LogP contribution >= 0.6 is 11.6 Å². The van der Waals surface area contributed by atoms with Crippen LogP contribution in [0.15, 0.2) is 48.7 Å². The fraction of sp³-hybridized carbons (Fsp3) is 0.217. The number of rotatable bonds is 3. The van der Waals surface area contributed by atoms with Crippen molar-refractivity contribution in [2.45, 2.75) is 25.4 Å². The SMILES string of the molecule is Cn1cc(-c2ccc3c(c2)CN(C2CCC(=O)NC2=O)C3=O)nc1-c1ccccc1Cl. The molecule has 1 atom stereocenters. The number of benzene rings is 2. The first-order valence-corrected chi connectivity index (χ1v) is 10.4. The number of carbonyl (C=O) groups excluding carboxylic acids is 3. The smallest absolute Gasteiger partial charge is 0.255 e. The summed E-state index contributed by atoms with van der Waals surface area (Å²) in [5, 5.41) is 2.95. The second-order valence-electron chi connectivity index (χ2n) is 7.81. The van der Waals surface area contributed by atoms with E-state index in [-0.39, 0.29) is 18.2 Å². The van der Waals surface area contributed by atoms with Gasteiger partial charge in [-0.3, -0.25) is 19.7 Å². The van der Waals surface area contributed by atoms with E-state index in [9.17, 15) is 14.4 Å². The number of piperidine rings is 1. The third-order valence-corrected chi connectivity index (χ3v) is 6.14. The van der Waals surface area contributed by atoms with Crippen LogP contribution in [0.5, 0.6) is 0 Å². The normalized spacial score (nSPS) is 18.3. The van der Waals surface area contributed by atoms with Gasteiger partial charge in [0.05, 0.1) is 10.7 Å². The van der Waals surface area contributed by atoms with Crippen molar-refractivity contribution >= 4 is 29.3 Å². The number of hydrogen-bond acceptors (Lipinski definition) is 4. The minimum Gasteiger partial charge on any atom is -0.333 e. The number of hydrogen-bond donors (Lipinski definition) is 1. The first-order chi connectivity index (χ1) is 14.9. The molecule has 3 aromatic rings. The van der Waals surface area contributed by atoms with Crippen molar-refractivity contribution in [3.8, 4) is 22.6 Å². The summed E-state index contributed by atoms with van der Waals surface area (Å²) in [6.45, 7) is 0.332. The van der Waals surface area contributed by atoms with Gasteiger partial charge in [-0.1, -0.05) is 29.8 Å². The van der Waals surface area contributed by atoms with Crippen LogP contribution in [0.3, 0.4) is 0 Å². The molecule has 1 fully saturated rings. The van der Waals surface area contributed by atoms with Gasteiger partial charge in [0.2, 0.25) is 11.8 Å². The molecule has 0 spiro atoms. The third kappa shape index (κ3) is 3.31. The number of fused-ring (bicyclic) bond motifs is 1. The average Bonchev–Trinajstić information content (AvgIpc) is 3.28. The molecule has 1 aromatic heterocycles. The molecule has 156 valence electrons. The van der Waals surface area contributed by atoms with Gasteiger partial charge in [0, 0.05) is 42.9 Å². The monoisotopic (exact) mass is 434 g/mol. The highest BCUT2D eigenvalue weighted by Crippen LogP contribution is 2.33. The van der Waals surface area contributed by atoms with E-state index in [0.29, 0.717) is 23.6 Å². The van der Waals surface area contributed by atoms with Gasteiger partial charge in [0.15, 0.2) is 0 Å². The van der Waals surface area contributed by atoms with Crippen LogP contribution in [0.1, 0.15) is 28.8 Å². The van der Waals surface area contributed by atoms with Crippen LogP contribution in [0, 0.1) is 0 Å². The Morgan fingerprint density at radius 2 is 1.90 bits per heavy atom. The third-order valence-electron chi connectivity index (χ3n) is 5.81. The Labute approximate surface area is 183 Å². The number of amides is 3. The Bertz CT molecular complexity index is 1250. The highest BCUT2D eigenvalue weighted by molar-refractivity contribution is 6.33. The number of aryl methyl sites for hydroxylation is 1. The van der Waals surface area contributed by atoms with E-state index < -0.39 is 11.9 Å². The summed E-state index contributed by atoms with van der Waals surface area (Å²) in [7, 11) is 1.91. The van der Waals surface area contributed by atoms with Gasteiger partial charge in [-0.15, -0.1) is 0 Å². The second kappa shape index (κ2) is 7.35. The standard InChI is InChI=1S/C23H19ClN4O3/c1-27-12-18(25-21(27)16-4-2-3-5-17(16)24)13-6-7-15-14(10-13)11-28(23(15)31)19-8-9-20(29)26-22(19)30/h2-7,10,12,19H,8-9,11H2,1H3,(H,26,29,30). The maximum Gasteiger partial charge on any atom is 0.255 e. The van der Waals surface area contributed by atoms with Gasteiger partial charge < -0.3 is 9.47 Å². The van der Waals surface area contributed by atoms with Crippen LogP contribution in [-0.4, -0.2) is 38.2 Å². The first-order valence-electron chi connectivity index (χ1n) is 9.98. The van der Waals surface area contributed by atoms with E-state index in [0.717, 1.165) is 28.2 Å². The zero-order valence-corrected chi connectivity index (χ0v) is 17.5. The zero-order chi connectivity index (χ0) is 21.7. The molecule has 3 amide bonds. The lowest BCUT2D eigenvalue weighted by atomic mass is 10.0. The molecule has 0 bridgehead atoms. The highest BCUT2D eigenvalue weighted by atomic mass is 35.5. The number of halogens is 1. The number of imide groups is 1. The van der Waals surface area contributed by atoms with E-state index >= 15 is 0 Å². The quantitative estimate of drug-likeness (QED) is 0.642. The molecular weight excluding hydrogens is 416 g/mol. The molecule has 2 aliphatic rings. The molecule has 7 nitrogen and oxygen atoms in total. The van der Waals surface area contributed by atoms with Crippen LogP contribution in [0.25, 0.3) is 22.6 Å². The summed E-state index contributed by atoms with van der Waals surface area (Å²) in [6.07, 6.45) is 2.51. The molecule has 8 heteroatoms. The lowest BCUT2D eigenvalue weighted by Crippen LogP contribution is -2.52. The molecule has 1 saturated heterocycles. The molecule has 5 rings (SSSR count). The number of aromatic nitrogens is 2. The fourth-order valence-corrected chi connectivity index (χ4v) is 4.45. The van der Waals surface area contributed by atoms with Gasteiger partial charge in [0.1, 0.15) is 11.9 Å². The predicted octanol–water partition coefficient (Wildman–Crippen LogP) is 3.17. The summed E-state index contributed by atoms with van der Waals surface area (Å²) < 4.78 is 1.92. The van der Waals surface area contributed by atoms with Crippen LogP contribution in [0.4, 0.5) is 0 Å². The van der Waals surface area contributed by atoms with Gasteiger partial charge in [-0.2, -0.15) is 0 Å². The summed E-state index contributed by atoms with van der Waals surface area (Å²) >= 11 is 6.34. The molecule has 0 radical (unpaired) electrons. The Kier molecular flexibility index (Phi) is 4.63. The molecular formula is C23H19ClN4O3. The maximum atomic E-state index is 12.9. The molecule has 0 aliphatic carbocycles. The van der Waals surface area contributed by atoms with Crippen LogP contribution in [0.2, 0.25) is 5.02 Å². The van der Waals surface area contributed by atoms with Gasteiger partial charge in [0.25, 0.3) is 5.91 Å². The van der Waals surface area contributed by atoms with Crippen molar-refractivity contribution in [2.24, 2.45) is 7.05 Å². The highest BCUT2D eigenvalue weighted by Gasteiger charge is 2.39. The molecule has 3 heterocycles. The van der Waals surface area contributed by atoms with Gasteiger partial charge in [-0.25, -0.2) is 4.98 Å². The molecule has 0 saturated carbocycles. The maximum absolute atomic E-state index is 12.9. The van der Waals surface area contributed by atoms with E-state index in [2.05, 4.69) is 5.32 Å². The van der Waals surface area contributed by atoms with E-state index in [4.69, 9.17) is 16.6 Å². The van der Waals surface area contributed by atoms with Crippen LogP contribution in [-0.2, 0) is 23.2 Å². The van der Waals surface area contributed by atoms with Crippen molar-refractivity contribution in [1.29, 1.82) is 0 Å². The van der Waals surface area contributed by atoms with E-state index in [1.807, 2.05) is 54.2 Å². The van der Waals surface area contributed by atoms with Gasteiger partial charge in [-0.05, 0) is 36.2 Å². The minimum absolute atomic E-state index is 0.186. The first kappa shape index (κ1) is 19.5. The predicted molar refractivity (Wildman–Crippen MR) is 115 cm³/mol. The minimum atomic E-state index is -0.622. The Balaban J connectivity index is 1.45. The van der Waals surface area contributed by atoms with Crippen molar-refractivity contribution in [3.05, 3.63) is 64.8 Å². The average molecular weight is 435 g/mol. The number of carbonyl (C=O) groups is 3. The summed E-state index contributed by atoms with van der Waals surface area (Å²) in [4.78, 5) is 42.9. The second-order valence-corrected chi connectivity index (χ2v) is 8.22. The number of nitrogens with zero attached hydrogens (tertiary/aromatic N) is 3. The van der Waals surface area contributed by atoms with Gasteiger partial charge >= 0.3 is 0 Å². The van der Waals surface area contributed by atoms with Crippen molar-refractivity contribution < 1.29 is 14.4 Å². The lowest BCUT2D eigenvalue weighted by molar-refractivity contribution is -0.136. The Hall–Kier alpha value is -3.45. The van der Waals surface area contributed by atoms with Crippen molar-refractivity contribution in [3.63, 3.8) is 0 Å². The molecule has 2 aliphatic heterocycles. The molecule has 1 N–H and O–H groups in total. The molecule has 2 aromatic carbocycles. The van der Waals surface area contributed by atoms with E-state index in [1.165, 1.54) is 0 Å². The summed E-state index contributed by atoms with van der Waals surface area (Å²) in [5.41, 5.74) is 3.92. The molecule has 31 heavy (non-hydrogen) atoms. The topological polar surface area (TPSA) is 84.3 Å². The van der Waals surface area contributed by atoms with Crippen LogP contribution < -0.4 is 5.32 Å². The van der Waals surface area contributed by atoms with Crippen molar-refractivity contribution in [1.82, 2.24) is 19.8 Å². The van der Waals surface area contributed by atoms with E-state index in [1.54, 1.807) is 11.0 Å².